The molecule has 1 aliphatic rings. The molecular formula is C33H39N3O7S. The van der Waals surface area contributed by atoms with E-state index in [1.54, 1.807) is 17.2 Å². The lowest BCUT2D eigenvalue weighted by Crippen LogP contribution is -2.31. The van der Waals surface area contributed by atoms with Crippen LogP contribution in [0.4, 0.5) is 11.4 Å². The Morgan fingerprint density at radius 1 is 0.841 bits per heavy atom. The van der Waals surface area contributed by atoms with E-state index >= 15 is 0 Å². The fourth-order valence-corrected chi connectivity index (χ4v) is 5.76. The molecule has 0 saturated carbocycles. The molecule has 1 saturated heterocycles. The van der Waals surface area contributed by atoms with E-state index < -0.39 is 12.2 Å². The number of anilines is 2. The largest absolute Gasteiger partial charge is 0.392 e. The fourth-order valence-electron chi connectivity index (χ4n) is 4.84. The smallest absolute Gasteiger partial charge is 0.243 e. The van der Waals surface area contributed by atoms with E-state index in [1.165, 1.54) is 6.92 Å². The SMILES string of the molecule is CC(=O)Nc1ccc(SCC2CC(c3ccc(CO)cc3)OC(c3cccc(NC(=O)CCCCCC(=O)NO)c3)O2)cc1. The number of aliphatic hydroxyl groups excluding tert-OH is 1. The minimum atomic E-state index is -0.659. The third-order valence-electron chi connectivity index (χ3n) is 7.10. The maximum Gasteiger partial charge on any atom is 0.243 e. The summed E-state index contributed by atoms with van der Waals surface area (Å²) in [7, 11) is 0. The van der Waals surface area contributed by atoms with Gasteiger partial charge in [0.1, 0.15) is 0 Å². The molecule has 3 atom stereocenters. The average molecular weight is 622 g/mol. The number of hydroxylamine groups is 1. The summed E-state index contributed by atoms with van der Waals surface area (Å²) in [6, 6.07) is 22.8. The van der Waals surface area contributed by atoms with Crippen LogP contribution in [0.25, 0.3) is 0 Å². The molecule has 3 aromatic carbocycles. The van der Waals surface area contributed by atoms with E-state index in [4.69, 9.17) is 14.7 Å². The Balaban J connectivity index is 1.41. The van der Waals surface area contributed by atoms with Crippen molar-refractivity contribution in [3.63, 3.8) is 0 Å². The molecule has 0 spiro atoms. The number of amides is 3. The molecule has 0 bridgehead atoms. The van der Waals surface area contributed by atoms with Gasteiger partial charge < -0.3 is 25.2 Å². The van der Waals surface area contributed by atoms with Gasteiger partial charge in [0.2, 0.25) is 17.7 Å². The van der Waals surface area contributed by atoms with Gasteiger partial charge in [-0.25, -0.2) is 5.48 Å². The number of benzene rings is 3. The van der Waals surface area contributed by atoms with Gasteiger partial charge in [-0.15, -0.1) is 11.8 Å². The summed E-state index contributed by atoms with van der Waals surface area (Å²) in [5.74, 6) is 0.0117. The molecule has 3 amide bonds. The molecule has 0 aliphatic carbocycles. The zero-order valence-electron chi connectivity index (χ0n) is 24.7. The zero-order valence-corrected chi connectivity index (χ0v) is 25.5. The lowest BCUT2D eigenvalue weighted by molar-refractivity contribution is -0.245. The Kier molecular flexibility index (Phi) is 12.8. The average Bonchev–Trinajstić information content (AvgIpc) is 3.04. The topological polar surface area (TPSA) is 146 Å². The number of rotatable bonds is 14. The minimum absolute atomic E-state index is 0.0308. The summed E-state index contributed by atoms with van der Waals surface area (Å²) >= 11 is 1.66. The predicted molar refractivity (Wildman–Crippen MR) is 168 cm³/mol. The first-order valence-electron chi connectivity index (χ1n) is 14.7. The summed E-state index contributed by atoms with van der Waals surface area (Å²) in [6.45, 7) is 1.45. The van der Waals surface area contributed by atoms with Crippen LogP contribution < -0.4 is 16.1 Å². The normalized spacial score (nSPS) is 17.9. The number of hydrogen-bond acceptors (Lipinski definition) is 8. The van der Waals surface area contributed by atoms with Gasteiger partial charge in [0.05, 0.1) is 18.8 Å². The van der Waals surface area contributed by atoms with Crippen molar-refractivity contribution < 1.29 is 34.2 Å². The number of hydrogen-bond donors (Lipinski definition) is 5. The van der Waals surface area contributed by atoms with Crippen LogP contribution in [-0.4, -0.2) is 39.9 Å². The van der Waals surface area contributed by atoms with Gasteiger partial charge in [-0.2, -0.15) is 0 Å². The van der Waals surface area contributed by atoms with Crippen LogP contribution in [0.2, 0.25) is 0 Å². The third-order valence-corrected chi connectivity index (χ3v) is 8.24. The highest BCUT2D eigenvalue weighted by Gasteiger charge is 2.32. The molecule has 1 aliphatic heterocycles. The quantitative estimate of drug-likeness (QED) is 0.0650. The van der Waals surface area contributed by atoms with Crippen molar-refractivity contribution in [2.24, 2.45) is 0 Å². The Hall–Kier alpha value is -3.74. The van der Waals surface area contributed by atoms with Crippen LogP contribution in [0.3, 0.4) is 0 Å². The van der Waals surface area contributed by atoms with Crippen LogP contribution >= 0.6 is 11.8 Å². The molecule has 44 heavy (non-hydrogen) atoms. The van der Waals surface area contributed by atoms with E-state index in [1.807, 2.05) is 72.8 Å². The number of unbranched alkanes of at least 4 members (excludes halogenated alkanes) is 2. The fraction of sp³-hybridized carbons (Fsp3) is 0.364. The Morgan fingerprint density at radius 3 is 2.25 bits per heavy atom. The lowest BCUT2D eigenvalue weighted by atomic mass is 10.0. The molecule has 11 heteroatoms. The molecule has 10 nitrogen and oxygen atoms in total. The molecule has 5 N–H and O–H groups in total. The summed E-state index contributed by atoms with van der Waals surface area (Å²) in [5.41, 5.74) is 5.59. The molecule has 0 aromatic heterocycles. The van der Waals surface area contributed by atoms with Crippen molar-refractivity contribution in [2.45, 2.75) is 75.4 Å². The predicted octanol–water partition coefficient (Wildman–Crippen LogP) is 5.87. The Morgan fingerprint density at radius 2 is 1.57 bits per heavy atom. The molecule has 4 rings (SSSR count). The summed E-state index contributed by atoms with van der Waals surface area (Å²) in [4.78, 5) is 36.1. The van der Waals surface area contributed by atoms with Crippen LogP contribution in [0, 0.1) is 0 Å². The molecule has 3 unspecified atom stereocenters. The van der Waals surface area contributed by atoms with Crippen LogP contribution in [0.15, 0.2) is 77.7 Å². The second-order valence-electron chi connectivity index (χ2n) is 10.6. The van der Waals surface area contributed by atoms with Crippen molar-refractivity contribution in [1.29, 1.82) is 0 Å². The van der Waals surface area contributed by atoms with Crippen molar-refractivity contribution >= 4 is 40.9 Å². The Bertz CT molecular complexity index is 1380. The van der Waals surface area contributed by atoms with Crippen molar-refractivity contribution in [2.75, 3.05) is 16.4 Å². The Labute approximate surface area is 261 Å². The number of nitrogens with one attached hydrogen (secondary N) is 3. The lowest BCUT2D eigenvalue weighted by Gasteiger charge is -2.36. The van der Waals surface area contributed by atoms with Crippen molar-refractivity contribution in [3.05, 3.63) is 89.5 Å². The molecule has 0 radical (unpaired) electrons. The number of carbonyl (C=O) groups excluding carboxylic acids is 3. The summed E-state index contributed by atoms with van der Waals surface area (Å²) in [5, 5.41) is 23.8. The maximum absolute atomic E-state index is 12.6. The van der Waals surface area contributed by atoms with E-state index in [9.17, 15) is 19.5 Å². The second-order valence-corrected chi connectivity index (χ2v) is 11.7. The summed E-state index contributed by atoms with van der Waals surface area (Å²) in [6.07, 6.45) is 2.07. The number of carbonyl (C=O) groups is 3. The highest BCUT2D eigenvalue weighted by molar-refractivity contribution is 7.99. The van der Waals surface area contributed by atoms with Gasteiger partial charge in [-0.3, -0.25) is 19.6 Å². The molecular weight excluding hydrogens is 582 g/mol. The van der Waals surface area contributed by atoms with Gasteiger partial charge in [-0.05, 0) is 60.4 Å². The van der Waals surface area contributed by atoms with E-state index in [0.29, 0.717) is 43.5 Å². The number of aliphatic hydroxyl groups is 1. The third kappa shape index (κ3) is 10.5. The van der Waals surface area contributed by atoms with Crippen LogP contribution in [0.1, 0.15) is 74.5 Å². The van der Waals surface area contributed by atoms with Gasteiger partial charge in [-0.1, -0.05) is 42.8 Å². The molecule has 3 aromatic rings. The molecule has 1 heterocycles. The van der Waals surface area contributed by atoms with Gasteiger partial charge in [0.25, 0.3) is 0 Å². The number of thioether (sulfide) groups is 1. The molecule has 1 fully saturated rings. The second kappa shape index (κ2) is 16.9. The summed E-state index contributed by atoms with van der Waals surface area (Å²) < 4.78 is 12.9. The van der Waals surface area contributed by atoms with Crippen LogP contribution in [0.5, 0.6) is 0 Å². The number of ether oxygens (including phenoxy) is 2. The van der Waals surface area contributed by atoms with Gasteiger partial charge in [0.15, 0.2) is 6.29 Å². The van der Waals surface area contributed by atoms with Crippen molar-refractivity contribution in [1.82, 2.24) is 5.48 Å². The van der Waals surface area contributed by atoms with E-state index in [2.05, 4.69) is 10.6 Å². The van der Waals surface area contributed by atoms with E-state index in [0.717, 1.165) is 27.3 Å². The van der Waals surface area contributed by atoms with Gasteiger partial charge in [0, 0.05) is 53.8 Å². The van der Waals surface area contributed by atoms with Crippen LogP contribution in [-0.2, 0) is 30.5 Å². The van der Waals surface area contributed by atoms with E-state index in [-0.39, 0.29) is 37.0 Å². The first-order valence-corrected chi connectivity index (χ1v) is 15.7. The highest BCUT2D eigenvalue weighted by Crippen LogP contribution is 2.40. The zero-order chi connectivity index (χ0) is 31.3. The minimum Gasteiger partial charge on any atom is -0.392 e. The first kappa shape index (κ1) is 33.2. The maximum atomic E-state index is 12.6. The highest BCUT2D eigenvalue weighted by atomic mass is 32.2. The first-order chi connectivity index (χ1) is 21.3. The van der Waals surface area contributed by atoms with Gasteiger partial charge >= 0.3 is 0 Å². The molecule has 234 valence electrons. The standard InChI is InChI=1S/C33H39N3O7S/c1-22(38)34-26-14-16-29(17-15-26)44-21-28-19-30(24-12-10-23(20-37)11-13-24)43-33(42-28)25-6-5-7-27(18-25)35-31(39)8-3-2-4-9-32(40)36-41/h5-7,10-18,28,30,33,37,41H,2-4,8-9,19-21H2,1H3,(H,34,38)(H,35,39)(H,36,40). The van der Waals surface area contributed by atoms with Crippen molar-refractivity contribution in [3.8, 4) is 0 Å². The monoisotopic (exact) mass is 621 g/mol.